The molecule has 0 unspecified atom stereocenters. The van der Waals surface area contributed by atoms with Crippen molar-refractivity contribution < 1.29 is 8.42 Å². The third kappa shape index (κ3) is 4.40. The van der Waals surface area contributed by atoms with Crippen molar-refractivity contribution in [2.75, 3.05) is 36.8 Å². The molecule has 26 heavy (non-hydrogen) atoms. The van der Waals surface area contributed by atoms with Crippen LogP contribution in [-0.4, -0.2) is 44.7 Å². The van der Waals surface area contributed by atoms with Gasteiger partial charge in [-0.1, -0.05) is 48.0 Å². The first-order chi connectivity index (χ1) is 12.4. The van der Waals surface area contributed by atoms with Crippen molar-refractivity contribution in [2.45, 2.75) is 20.3 Å². The molecule has 1 aliphatic heterocycles. The summed E-state index contributed by atoms with van der Waals surface area (Å²) in [6, 6.07) is 13.8. The summed E-state index contributed by atoms with van der Waals surface area (Å²) in [5.41, 5.74) is 4.35. The van der Waals surface area contributed by atoms with E-state index in [2.05, 4.69) is 17.9 Å². The van der Waals surface area contributed by atoms with Gasteiger partial charge in [-0.2, -0.15) is 4.31 Å². The molecule has 2 aromatic carbocycles. The zero-order chi connectivity index (χ0) is 18.7. The zero-order valence-electron chi connectivity index (χ0n) is 15.3. The Balaban J connectivity index is 1.63. The van der Waals surface area contributed by atoms with E-state index in [0.717, 1.165) is 27.4 Å². The van der Waals surface area contributed by atoms with Crippen LogP contribution in [0.25, 0.3) is 0 Å². The summed E-state index contributed by atoms with van der Waals surface area (Å²) in [6.45, 7) is 6.40. The molecule has 0 radical (unpaired) electrons. The van der Waals surface area contributed by atoms with E-state index in [9.17, 15) is 8.42 Å². The van der Waals surface area contributed by atoms with Gasteiger partial charge >= 0.3 is 0 Å². The zero-order valence-corrected chi connectivity index (χ0v) is 16.9. The molecule has 0 saturated carbocycles. The van der Waals surface area contributed by atoms with Crippen LogP contribution < -0.4 is 4.90 Å². The third-order valence-corrected chi connectivity index (χ3v) is 7.00. The van der Waals surface area contributed by atoms with Crippen molar-refractivity contribution in [1.82, 2.24) is 4.31 Å². The van der Waals surface area contributed by atoms with Crippen LogP contribution in [0.5, 0.6) is 0 Å². The molecule has 6 heteroatoms. The second kappa shape index (κ2) is 7.99. The lowest BCUT2D eigenvalue weighted by atomic mass is 10.1. The Labute approximate surface area is 161 Å². The first kappa shape index (κ1) is 19.2. The van der Waals surface area contributed by atoms with Crippen molar-refractivity contribution in [3.05, 3.63) is 64.2 Å². The lowest BCUT2D eigenvalue weighted by Crippen LogP contribution is -2.49. The van der Waals surface area contributed by atoms with E-state index in [4.69, 9.17) is 11.6 Å². The second-order valence-electron chi connectivity index (χ2n) is 6.85. The minimum Gasteiger partial charge on any atom is -0.367 e. The number of anilines is 1. The smallest absolute Gasteiger partial charge is 0.214 e. The third-order valence-electron chi connectivity index (χ3n) is 4.84. The Hall–Kier alpha value is -1.56. The molecule has 0 N–H and O–H groups in total. The molecule has 1 aliphatic rings. The van der Waals surface area contributed by atoms with Gasteiger partial charge in [0.15, 0.2) is 0 Å². The van der Waals surface area contributed by atoms with Crippen molar-refractivity contribution >= 4 is 27.3 Å². The van der Waals surface area contributed by atoms with Crippen LogP contribution in [0, 0.1) is 13.8 Å². The van der Waals surface area contributed by atoms with Crippen LogP contribution in [0.3, 0.4) is 0 Å². The number of sulfonamides is 1. The van der Waals surface area contributed by atoms with Crippen molar-refractivity contribution in [3.63, 3.8) is 0 Å². The number of benzene rings is 2. The van der Waals surface area contributed by atoms with Crippen molar-refractivity contribution in [3.8, 4) is 0 Å². The molecule has 0 amide bonds. The predicted octanol–water partition coefficient (Wildman–Crippen LogP) is 3.65. The molecule has 4 nitrogen and oxygen atoms in total. The summed E-state index contributed by atoms with van der Waals surface area (Å²) in [7, 11) is -3.24. The van der Waals surface area contributed by atoms with Crippen LogP contribution in [0.15, 0.2) is 42.5 Å². The van der Waals surface area contributed by atoms with Crippen LogP contribution in [0.1, 0.15) is 16.7 Å². The minimum atomic E-state index is -3.24. The highest BCUT2D eigenvalue weighted by atomic mass is 35.5. The Bertz CT molecular complexity index is 838. The van der Waals surface area contributed by atoms with E-state index in [-0.39, 0.29) is 5.75 Å². The standard InChI is InChI=1S/C20H25ClN2O2S/c1-16-14-17(2)20(19(21)15-16)22-9-11-23(12-10-22)26(24,25)13-8-18-6-4-3-5-7-18/h3-7,14-15H,8-13H2,1-2H3. The SMILES string of the molecule is Cc1cc(C)c(N2CCN(S(=O)(=O)CCc3ccccc3)CC2)c(Cl)c1. The van der Waals surface area contributed by atoms with Gasteiger partial charge in [-0.15, -0.1) is 0 Å². The molecule has 0 aliphatic carbocycles. The maximum absolute atomic E-state index is 12.7. The maximum atomic E-state index is 12.7. The average molecular weight is 393 g/mol. The molecule has 1 fully saturated rings. The first-order valence-corrected chi connectivity index (χ1v) is 10.9. The number of hydrogen-bond donors (Lipinski definition) is 0. The maximum Gasteiger partial charge on any atom is 0.214 e. The number of nitrogens with zero attached hydrogens (tertiary/aromatic N) is 2. The Morgan fingerprint density at radius 3 is 2.27 bits per heavy atom. The van der Waals surface area contributed by atoms with E-state index in [0.29, 0.717) is 32.6 Å². The summed E-state index contributed by atoms with van der Waals surface area (Å²) in [5.74, 6) is 0.154. The topological polar surface area (TPSA) is 40.6 Å². The van der Waals surface area contributed by atoms with Gasteiger partial charge in [-0.3, -0.25) is 0 Å². The van der Waals surface area contributed by atoms with Gasteiger partial charge < -0.3 is 4.90 Å². The van der Waals surface area contributed by atoms with Gasteiger partial charge in [0.1, 0.15) is 0 Å². The monoisotopic (exact) mass is 392 g/mol. The molecule has 3 rings (SSSR count). The first-order valence-electron chi connectivity index (χ1n) is 8.90. The summed E-state index contributed by atoms with van der Waals surface area (Å²) < 4.78 is 26.9. The molecular weight excluding hydrogens is 368 g/mol. The molecule has 1 saturated heterocycles. The number of halogens is 1. The van der Waals surface area contributed by atoms with Gasteiger partial charge in [0.05, 0.1) is 16.5 Å². The number of aryl methyl sites for hydroxylation is 3. The van der Waals surface area contributed by atoms with Gasteiger partial charge in [0, 0.05) is 26.2 Å². The van der Waals surface area contributed by atoms with Gasteiger partial charge in [-0.25, -0.2) is 8.42 Å². The van der Waals surface area contributed by atoms with Crippen LogP contribution in [0.4, 0.5) is 5.69 Å². The van der Waals surface area contributed by atoms with E-state index >= 15 is 0 Å². The number of piperazine rings is 1. The lowest BCUT2D eigenvalue weighted by Gasteiger charge is -2.36. The Morgan fingerprint density at radius 2 is 1.65 bits per heavy atom. The average Bonchev–Trinajstić information content (AvgIpc) is 2.61. The fourth-order valence-corrected chi connectivity index (χ4v) is 5.43. The van der Waals surface area contributed by atoms with Crippen molar-refractivity contribution in [1.29, 1.82) is 0 Å². The van der Waals surface area contributed by atoms with Crippen LogP contribution in [0.2, 0.25) is 5.02 Å². The Kier molecular flexibility index (Phi) is 5.90. The fraction of sp³-hybridized carbons (Fsp3) is 0.400. The number of hydrogen-bond acceptors (Lipinski definition) is 3. The van der Waals surface area contributed by atoms with Crippen LogP contribution in [-0.2, 0) is 16.4 Å². The molecule has 2 aromatic rings. The largest absolute Gasteiger partial charge is 0.367 e. The summed E-state index contributed by atoms with van der Waals surface area (Å²) >= 11 is 6.44. The summed E-state index contributed by atoms with van der Waals surface area (Å²) in [6.07, 6.45) is 0.548. The highest BCUT2D eigenvalue weighted by Gasteiger charge is 2.28. The molecule has 140 valence electrons. The normalized spacial score (nSPS) is 16.0. The molecule has 0 aromatic heterocycles. The minimum absolute atomic E-state index is 0.154. The lowest BCUT2D eigenvalue weighted by molar-refractivity contribution is 0.384. The highest BCUT2D eigenvalue weighted by molar-refractivity contribution is 7.89. The molecule has 0 atom stereocenters. The summed E-state index contributed by atoms with van der Waals surface area (Å²) in [4.78, 5) is 2.19. The van der Waals surface area contributed by atoms with Crippen molar-refractivity contribution in [2.24, 2.45) is 0 Å². The number of rotatable bonds is 5. The molecule has 0 spiro atoms. The molecular formula is C20H25ClN2O2S. The summed E-state index contributed by atoms with van der Waals surface area (Å²) in [5, 5.41) is 0.739. The van der Waals surface area contributed by atoms with E-state index in [1.165, 1.54) is 0 Å². The van der Waals surface area contributed by atoms with E-state index in [1.54, 1.807) is 4.31 Å². The van der Waals surface area contributed by atoms with Gasteiger partial charge in [-0.05, 0) is 43.0 Å². The van der Waals surface area contributed by atoms with Crippen LogP contribution >= 0.6 is 11.6 Å². The Morgan fingerprint density at radius 1 is 1.00 bits per heavy atom. The highest BCUT2D eigenvalue weighted by Crippen LogP contribution is 2.32. The van der Waals surface area contributed by atoms with E-state index in [1.807, 2.05) is 43.3 Å². The van der Waals surface area contributed by atoms with Gasteiger partial charge in [0.25, 0.3) is 0 Å². The predicted molar refractivity (Wildman–Crippen MR) is 109 cm³/mol. The molecule has 0 bridgehead atoms. The second-order valence-corrected chi connectivity index (χ2v) is 9.35. The molecule has 1 heterocycles. The quantitative estimate of drug-likeness (QED) is 0.779. The fourth-order valence-electron chi connectivity index (χ4n) is 3.52. The van der Waals surface area contributed by atoms with E-state index < -0.39 is 10.0 Å². The van der Waals surface area contributed by atoms with Gasteiger partial charge in [0.2, 0.25) is 10.0 Å².